The molecule has 0 aliphatic heterocycles. The van der Waals surface area contributed by atoms with Gasteiger partial charge in [0.05, 0.1) is 12.0 Å². The van der Waals surface area contributed by atoms with E-state index in [0.717, 1.165) is 18.2 Å². The second kappa shape index (κ2) is 10.2. The molecule has 0 saturated heterocycles. The van der Waals surface area contributed by atoms with Gasteiger partial charge in [-0.25, -0.2) is 4.98 Å². The van der Waals surface area contributed by atoms with Crippen LogP contribution < -0.4 is 10.6 Å². The summed E-state index contributed by atoms with van der Waals surface area (Å²) in [4.78, 5) is 9.88. The maximum atomic E-state index is 4.40. The normalized spacial score (nSPS) is 14.7. The number of nitrogens with one attached hydrogen (secondary N) is 2. The van der Waals surface area contributed by atoms with Crippen molar-refractivity contribution in [2.75, 3.05) is 13.6 Å². The van der Waals surface area contributed by atoms with Crippen LogP contribution in [0.15, 0.2) is 83.2 Å². The molecule has 1 aliphatic rings. The number of hydrogen-bond acceptors (Lipinski definition) is 3. The van der Waals surface area contributed by atoms with Crippen LogP contribution in [0.4, 0.5) is 0 Å². The second-order valence-electron chi connectivity index (χ2n) is 6.98. The molecule has 2 N–H and O–H groups in total. The molecule has 3 aromatic rings. The lowest BCUT2D eigenvalue weighted by atomic mass is 10.1. The summed E-state index contributed by atoms with van der Waals surface area (Å²) < 4.78 is 2.32. The fourth-order valence-electron chi connectivity index (χ4n) is 3.15. The zero-order valence-electron chi connectivity index (χ0n) is 16.4. The number of guanidine groups is 1. The van der Waals surface area contributed by atoms with Crippen molar-refractivity contribution in [3.05, 3.63) is 78.9 Å². The molecule has 0 spiro atoms. The Morgan fingerprint density at radius 2 is 1.86 bits per heavy atom. The van der Waals surface area contributed by atoms with E-state index in [9.17, 15) is 0 Å². The highest BCUT2D eigenvalue weighted by Crippen LogP contribution is 2.51. The monoisotopic (exact) mass is 519 g/mol. The fourth-order valence-corrected chi connectivity index (χ4v) is 4.39. The Balaban J connectivity index is 0.00000240. The van der Waals surface area contributed by atoms with Gasteiger partial charge in [0.1, 0.15) is 0 Å². The minimum atomic E-state index is 0. The van der Waals surface area contributed by atoms with Crippen LogP contribution >= 0.6 is 35.7 Å². The number of hydrogen-bond donors (Lipinski definition) is 2. The molecule has 152 valence electrons. The summed E-state index contributed by atoms with van der Waals surface area (Å²) >= 11 is 1.97. The Morgan fingerprint density at radius 3 is 2.55 bits per heavy atom. The number of halogens is 1. The molecule has 1 aliphatic carbocycles. The summed E-state index contributed by atoms with van der Waals surface area (Å²) in [6.07, 6.45) is 8.05. The molecule has 0 unspecified atom stereocenters. The molecule has 0 atom stereocenters. The average Bonchev–Trinajstić information content (AvgIpc) is 3.27. The summed E-state index contributed by atoms with van der Waals surface area (Å²) in [7, 11) is 1.82. The predicted molar refractivity (Wildman–Crippen MR) is 131 cm³/mol. The number of aliphatic imine (C=N–C) groups is 1. The van der Waals surface area contributed by atoms with Crippen molar-refractivity contribution in [1.29, 1.82) is 0 Å². The molecule has 1 fully saturated rings. The van der Waals surface area contributed by atoms with E-state index in [1.165, 1.54) is 23.3 Å². The molecule has 29 heavy (non-hydrogen) atoms. The lowest BCUT2D eigenvalue weighted by molar-refractivity contribution is 0.764. The number of thioether (sulfide) groups is 1. The van der Waals surface area contributed by atoms with E-state index < -0.39 is 0 Å². The van der Waals surface area contributed by atoms with Crippen molar-refractivity contribution in [3.8, 4) is 5.69 Å². The Labute approximate surface area is 193 Å². The molecule has 4 rings (SSSR count). The third-order valence-corrected chi connectivity index (χ3v) is 6.40. The van der Waals surface area contributed by atoms with Gasteiger partial charge in [0.2, 0.25) is 0 Å². The Bertz CT molecular complexity index is 923. The van der Waals surface area contributed by atoms with E-state index in [4.69, 9.17) is 0 Å². The molecule has 7 heteroatoms. The van der Waals surface area contributed by atoms with Crippen LogP contribution in [0.1, 0.15) is 18.4 Å². The maximum absolute atomic E-state index is 4.40. The van der Waals surface area contributed by atoms with E-state index in [-0.39, 0.29) is 28.7 Å². The van der Waals surface area contributed by atoms with Crippen LogP contribution in [0.5, 0.6) is 0 Å². The van der Waals surface area contributed by atoms with Crippen LogP contribution in [-0.4, -0.2) is 33.9 Å². The van der Waals surface area contributed by atoms with Crippen LogP contribution in [0.3, 0.4) is 0 Å². The summed E-state index contributed by atoms with van der Waals surface area (Å²) in [6.45, 7) is 1.61. The number of nitrogens with zero attached hydrogens (tertiary/aromatic N) is 3. The van der Waals surface area contributed by atoms with Gasteiger partial charge in [0.25, 0.3) is 0 Å². The van der Waals surface area contributed by atoms with Crippen molar-refractivity contribution in [3.63, 3.8) is 0 Å². The summed E-state index contributed by atoms with van der Waals surface area (Å²) in [5.74, 6) is 0.834. The first-order valence-corrected chi connectivity index (χ1v) is 10.3. The smallest absolute Gasteiger partial charge is 0.191 e. The standard InChI is InChI=1S/C22H25N5S.HI/c1-23-21(26-16-22(11-12-22)28-19-8-3-2-4-9-19)25-15-18-7-5-6-10-20(18)27-14-13-24-17-27;/h2-10,13-14,17H,11-12,15-16H2,1H3,(H2,23,25,26);1H. The minimum absolute atomic E-state index is 0. The van der Waals surface area contributed by atoms with Gasteiger partial charge in [0, 0.05) is 42.2 Å². The SMILES string of the molecule is CN=C(NCc1ccccc1-n1ccnc1)NCC1(Sc2ccccc2)CC1.I. The number of benzene rings is 2. The molecule has 2 aromatic carbocycles. The predicted octanol–water partition coefficient (Wildman–Crippen LogP) is 4.48. The number of imidazole rings is 1. The first kappa shape index (κ1) is 21.7. The van der Waals surface area contributed by atoms with E-state index in [1.54, 1.807) is 6.20 Å². The van der Waals surface area contributed by atoms with Gasteiger partial charge >= 0.3 is 0 Å². The van der Waals surface area contributed by atoms with Gasteiger partial charge in [-0.05, 0) is 36.6 Å². The molecule has 1 aromatic heterocycles. The molecule has 0 radical (unpaired) electrons. The first-order chi connectivity index (χ1) is 13.8. The van der Waals surface area contributed by atoms with Crippen molar-refractivity contribution < 1.29 is 0 Å². The Morgan fingerprint density at radius 1 is 1.10 bits per heavy atom. The minimum Gasteiger partial charge on any atom is -0.355 e. The molecular weight excluding hydrogens is 493 g/mol. The van der Waals surface area contributed by atoms with Crippen molar-refractivity contribution >= 4 is 41.7 Å². The molecule has 0 bridgehead atoms. The summed E-state index contributed by atoms with van der Waals surface area (Å²) in [5, 5.41) is 6.96. The fraction of sp³-hybridized carbons (Fsp3) is 0.273. The lowest BCUT2D eigenvalue weighted by Gasteiger charge is -2.19. The van der Waals surface area contributed by atoms with Gasteiger partial charge in [-0.1, -0.05) is 36.4 Å². The topological polar surface area (TPSA) is 54.2 Å². The van der Waals surface area contributed by atoms with Crippen LogP contribution in [0, 0.1) is 0 Å². The zero-order valence-corrected chi connectivity index (χ0v) is 19.6. The Kier molecular flexibility index (Phi) is 7.60. The van der Waals surface area contributed by atoms with Gasteiger partial charge in [-0.15, -0.1) is 35.7 Å². The zero-order chi connectivity index (χ0) is 19.2. The summed E-state index contributed by atoms with van der Waals surface area (Å²) in [5.41, 5.74) is 2.32. The van der Waals surface area contributed by atoms with Crippen molar-refractivity contribution in [1.82, 2.24) is 20.2 Å². The van der Waals surface area contributed by atoms with Gasteiger partial charge in [-0.3, -0.25) is 4.99 Å². The third kappa shape index (κ3) is 5.76. The maximum Gasteiger partial charge on any atom is 0.191 e. The highest BCUT2D eigenvalue weighted by molar-refractivity contribution is 14.0. The van der Waals surface area contributed by atoms with E-state index in [1.807, 2.05) is 42.0 Å². The lowest BCUT2D eigenvalue weighted by Crippen LogP contribution is -2.40. The number of aromatic nitrogens is 2. The quantitative estimate of drug-likeness (QED) is 0.275. The molecule has 1 heterocycles. The Hall–Kier alpha value is -2.00. The van der Waals surface area contributed by atoms with Crippen molar-refractivity contribution in [2.45, 2.75) is 29.0 Å². The number of para-hydroxylation sites is 1. The van der Waals surface area contributed by atoms with Crippen LogP contribution in [0.2, 0.25) is 0 Å². The average molecular weight is 519 g/mol. The number of rotatable bonds is 7. The second-order valence-corrected chi connectivity index (χ2v) is 8.52. The van der Waals surface area contributed by atoms with E-state index in [2.05, 4.69) is 69.1 Å². The molecule has 0 amide bonds. The van der Waals surface area contributed by atoms with Crippen LogP contribution in [-0.2, 0) is 6.54 Å². The molecular formula is C22H26IN5S. The van der Waals surface area contributed by atoms with Crippen molar-refractivity contribution in [2.24, 2.45) is 4.99 Å². The highest BCUT2D eigenvalue weighted by Gasteiger charge is 2.43. The highest BCUT2D eigenvalue weighted by atomic mass is 127. The van der Waals surface area contributed by atoms with Crippen LogP contribution in [0.25, 0.3) is 5.69 Å². The third-order valence-electron chi connectivity index (χ3n) is 4.91. The van der Waals surface area contributed by atoms with Gasteiger partial charge < -0.3 is 15.2 Å². The van der Waals surface area contributed by atoms with Gasteiger partial charge in [-0.2, -0.15) is 0 Å². The van der Waals surface area contributed by atoms with Gasteiger partial charge in [0.15, 0.2) is 5.96 Å². The van der Waals surface area contributed by atoms with E-state index >= 15 is 0 Å². The first-order valence-electron chi connectivity index (χ1n) is 9.53. The van der Waals surface area contributed by atoms with E-state index in [0.29, 0.717) is 6.54 Å². The summed E-state index contributed by atoms with van der Waals surface area (Å²) in [6, 6.07) is 19.0. The largest absolute Gasteiger partial charge is 0.355 e. The molecule has 1 saturated carbocycles. The molecule has 5 nitrogen and oxygen atoms in total.